The Bertz CT molecular complexity index is 1200. The first-order valence-electron chi connectivity index (χ1n) is 10.8. The molecule has 0 bridgehead atoms. The molecule has 13 heteroatoms. The van der Waals surface area contributed by atoms with Crippen molar-refractivity contribution in [1.29, 1.82) is 0 Å². The predicted molar refractivity (Wildman–Crippen MR) is 133 cm³/mol. The molecule has 0 amide bonds. The van der Waals surface area contributed by atoms with Crippen molar-refractivity contribution in [3.8, 4) is 17.6 Å². The minimum absolute atomic E-state index is 0.00868. The first-order chi connectivity index (χ1) is 17.3. The maximum Gasteiger partial charge on any atom is 0.331 e. The molecule has 1 saturated heterocycles. The molecule has 190 valence electrons. The standard InChI is InChI=1S/C17H19N3O4.C6H5BrN2O3/c1-23-17-15(20(21)22)7-8-16(18-17)24-14-9-10-19(12-14)11-13-5-3-2-4-6-13;1-12-6-4(9(10)11)2-3-5(7)8-6/h2-8,14H,9-12H2,1H3;2-3H,1H3. The van der Waals surface area contributed by atoms with E-state index in [1.165, 1.54) is 44.0 Å². The molecule has 0 spiro atoms. The van der Waals surface area contributed by atoms with Crippen LogP contribution in [0.25, 0.3) is 0 Å². The van der Waals surface area contributed by atoms with E-state index in [2.05, 4.69) is 42.9 Å². The fourth-order valence-electron chi connectivity index (χ4n) is 3.52. The van der Waals surface area contributed by atoms with Gasteiger partial charge in [0.2, 0.25) is 5.88 Å². The Balaban J connectivity index is 0.000000253. The van der Waals surface area contributed by atoms with Crippen LogP contribution in [-0.2, 0) is 6.54 Å². The maximum atomic E-state index is 10.9. The normalized spacial score (nSPS) is 14.9. The third-order valence-corrected chi connectivity index (χ3v) is 5.61. The van der Waals surface area contributed by atoms with E-state index in [1.54, 1.807) is 0 Å². The maximum absolute atomic E-state index is 10.9. The molecule has 1 aromatic carbocycles. The van der Waals surface area contributed by atoms with Crippen LogP contribution >= 0.6 is 15.9 Å². The van der Waals surface area contributed by atoms with Gasteiger partial charge in [-0.15, -0.1) is 0 Å². The first-order valence-corrected chi connectivity index (χ1v) is 11.6. The molecular weight excluding hydrogens is 538 g/mol. The van der Waals surface area contributed by atoms with Gasteiger partial charge in [0.15, 0.2) is 0 Å². The highest BCUT2D eigenvalue weighted by atomic mass is 79.9. The lowest BCUT2D eigenvalue weighted by Crippen LogP contribution is -2.24. The molecule has 12 nitrogen and oxygen atoms in total. The molecule has 2 aromatic heterocycles. The van der Waals surface area contributed by atoms with Crippen LogP contribution in [0.5, 0.6) is 17.6 Å². The van der Waals surface area contributed by atoms with E-state index in [0.717, 1.165) is 26.1 Å². The van der Waals surface area contributed by atoms with E-state index in [9.17, 15) is 20.2 Å². The zero-order valence-electron chi connectivity index (χ0n) is 19.6. The molecular formula is C23H24BrN5O7. The van der Waals surface area contributed by atoms with Gasteiger partial charge in [-0.3, -0.25) is 25.1 Å². The Kier molecular flexibility index (Phi) is 9.47. The number of hydrogen-bond donors (Lipinski definition) is 0. The van der Waals surface area contributed by atoms with Crippen LogP contribution in [0.4, 0.5) is 11.4 Å². The number of nitro groups is 2. The molecule has 36 heavy (non-hydrogen) atoms. The van der Waals surface area contributed by atoms with Crippen molar-refractivity contribution in [3.05, 3.63) is 85.0 Å². The third kappa shape index (κ3) is 7.33. The van der Waals surface area contributed by atoms with Gasteiger partial charge in [0.05, 0.1) is 24.1 Å². The fourth-order valence-corrected chi connectivity index (χ4v) is 3.81. The minimum Gasteiger partial charge on any atom is -0.476 e. The van der Waals surface area contributed by atoms with Gasteiger partial charge in [0.25, 0.3) is 11.8 Å². The second kappa shape index (κ2) is 12.7. The molecule has 0 N–H and O–H groups in total. The lowest BCUT2D eigenvalue weighted by Gasteiger charge is -2.16. The van der Waals surface area contributed by atoms with Crippen LogP contribution in [0.1, 0.15) is 12.0 Å². The molecule has 4 rings (SSSR count). The third-order valence-electron chi connectivity index (χ3n) is 5.17. The summed E-state index contributed by atoms with van der Waals surface area (Å²) in [4.78, 5) is 30.4. The summed E-state index contributed by atoms with van der Waals surface area (Å²) >= 11 is 3.07. The predicted octanol–water partition coefficient (Wildman–Crippen LogP) is 4.41. The number of benzene rings is 1. The van der Waals surface area contributed by atoms with E-state index >= 15 is 0 Å². The van der Waals surface area contributed by atoms with Crippen molar-refractivity contribution in [2.75, 3.05) is 27.3 Å². The van der Waals surface area contributed by atoms with Crippen molar-refractivity contribution >= 4 is 27.3 Å². The van der Waals surface area contributed by atoms with Gasteiger partial charge in [0.1, 0.15) is 10.7 Å². The number of nitrogens with zero attached hydrogens (tertiary/aromatic N) is 5. The zero-order valence-corrected chi connectivity index (χ0v) is 21.2. The van der Waals surface area contributed by atoms with Crippen molar-refractivity contribution < 1.29 is 24.1 Å². The summed E-state index contributed by atoms with van der Waals surface area (Å²) in [7, 11) is 2.69. The SMILES string of the molecule is COc1nc(Br)ccc1[N+](=O)[O-].COc1nc(OC2CCN(Cc3ccccc3)C2)ccc1[N+](=O)[O-]. The molecule has 0 saturated carbocycles. The van der Waals surface area contributed by atoms with Gasteiger partial charge in [-0.05, 0) is 34.0 Å². The second-order valence-electron chi connectivity index (χ2n) is 7.60. The molecule has 1 unspecified atom stereocenters. The highest BCUT2D eigenvalue weighted by molar-refractivity contribution is 9.10. The van der Waals surface area contributed by atoms with E-state index in [1.807, 2.05) is 18.2 Å². The Morgan fingerprint density at radius 2 is 1.56 bits per heavy atom. The van der Waals surface area contributed by atoms with Gasteiger partial charge in [-0.25, -0.2) is 4.98 Å². The summed E-state index contributed by atoms with van der Waals surface area (Å²) in [5, 5.41) is 21.3. The van der Waals surface area contributed by atoms with Gasteiger partial charge in [-0.1, -0.05) is 30.3 Å². The Morgan fingerprint density at radius 3 is 2.17 bits per heavy atom. The van der Waals surface area contributed by atoms with Gasteiger partial charge in [0, 0.05) is 37.8 Å². The van der Waals surface area contributed by atoms with Crippen molar-refractivity contribution in [2.24, 2.45) is 0 Å². The Morgan fingerprint density at radius 1 is 0.944 bits per heavy atom. The van der Waals surface area contributed by atoms with E-state index in [-0.39, 0.29) is 29.2 Å². The highest BCUT2D eigenvalue weighted by Gasteiger charge is 2.25. The molecule has 0 aliphatic carbocycles. The number of pyridine rings is 2. The smallest absolute Gasteiger partial charge is 0.331 e. The Hall–Kier alpha value is -3.84. The molecule has 1 aliphatic heterocycles. The number of hydrogen-bond acceptors (Lipinski definition) is 10. The van der Waals surface area contributed by atoms with E-state index in [0.29, 0.717) is 10.5 Å². The number of halogens is 1. The summed E-state index contributed by atoms with van der Waals surface area (Å²) in [6.07, 6.45) is 0.917. The van der Waals surface area contributed by atoms with Crippen LogP contribution in [0.3, 0.4) is 0 Å². The van der Waals surface area contributed by atoms with Crippen molar-refractivity contribution in [3.63, 3.8) is 0 Å². The number of likely N-dealkylation sites (tertiary alicyclic amines) is 1. The largest absolute Gasteiger partial charge is 0.476 e. The summed E-state index contributed by atoms with van der Waals surface area (Å²) < 4.78 is 16.0. The van der Waals surface area contributed by atoms with Gasteiger partial charge >= 0.3 is 11.4 Å². The molecule has 1 aliphatic rings. The van der Waals surface area contributed by atoms with Crippen molar-refractivity contribution in [1.82, 2.24) is 14.9 Å². The van der Waals surface area contributed by atoms with Crippen LogP contribution in [0, 0.1) is 20.2 Å². The topological polar surface area (TPSA) is 143 Å². The fraction of sp³-hybridized carbons (Fsp3) is 0.304. The number of ether oxygens (including phenoxy) is 3. The number of rotatable bonds is 8. The summed E-state index contributed by atoms with van der Waals surface area (Å²) in [5.74, 6) is 0.329. The van der Waals surface area contributed by atoms with Gasteiger partial charge < -0.3 is 14.2 Å². The summed E-state index contributed by atoms with van der Waals surface area (Å²) in [6.45, 7) is 2.64. The molecule has 0 radical (unpaired) electrons. The van der Waals surface area contributed by atoms with Crippen LogP contribution in [0.2, 0.25) is 0 Å². The summed E-state index contributed by atoms with van der Waals surface area (Å²) in [6, 6.07) is 16.0. The molecule has 1 atom stereocenters. The molecule has 3 heterocycles. The second-order valence-corrected chi connectivity index (χ2v) is 8.42. The van der Waals surface area contributed by atoms with E-state index in [4.69, 9.17) is 14.2 Å². The Labute approximate surface area is 215 Å². The lowest BCUT2D eigenvalue weighted by atomic mass is 10.2. The first kappa shape index (κ1) is 26.8. The highest BCUT2D eigenvalue weighted by Crippen LogP contribution is 2.28. The zero-order chi connectivity index (χ0) is 26.1. The molecule has 3 aromatic rings. The lowest BCUT2D eigenvalue weighted by molar-refractivity contribution is -0.386. The quantitative estimate of drug-likeness (QED) is 0.220. The van der Waals surface area contributed by atoms with Crippen LogP contribution in [0.15, 0.2) is 59.2 Å². The van der Waals surface area contributed by atoms with Crippen LogP contribution in [-0.4, -0.2) is 58.1 Å². The minimum atomic E-state index is -0.543. The number of methoxy groups -OCH3 is 2. The molecule has 1 fully saturated rings. The average Bonchev–Trinajstić information content (AvgIpc) is 3.30. The average molecular weight is 562 g/mol. The number of aromatic nitrogens is 2. The van der Waals surface area contributed by atoms with Crippen LogP contribution < -0.4 is 14.2 Å². The monoisotopic (exact) mass is 561 g/mol. The van der Waals surface area contributed by atoms with Crippen molar-refractivity contribution in [2.45, 2.75) is 19.1 Å². The van der Waals surface area contributed by atoms with Gasteiger partial charge in [-0.2, -0.15) is 4.98 Å². The summed E-state index contributed by atoms with van der Waals surface area (Å²) in [5.41, 5.74) is 0.968. The van der Waals surface area contributed by atoms with E-state index < -0.39 is 9.85 Å².